The molecule has 2 aliphatic heterocycles. The fourth-order valence-electron chi connectivity index (χ4n) is 10.2. The van der Waals surface area contributed by atoms with Gasteiger partial charge in [-0.3, -0.25) is 14.4 Å². The van der Waals surface area contributed by atoms with Crippen molar-refractivity contribution in [3.05, 3.63) is 23.3 Å². The van der Waals surface area contributed by atoms with Gasteiger partial charge in [-0.1, -0.05) is 12.5 Å². The maximum Gasteiger partial charge on any atom is 0.334 e. The molecule has 6 rings (SSSR count). The van der Waals surface area contributed by atoms with Gasteiger partial charge >= 0.3 is 17.9 Å². The summed E-state index contributed by atoms with van der Waals surface area (Å²) in [5.41, 5.74) is -3.07. The highest BCUT2D eigenvalue weighted by Crippen LogP contribution is 2.74. The van der Waals surface area contributed by atoms with Crippen molar-refractivity contribution >= 4 is 23.7 Å². The van der Waals surface area contributed by atoms with E-state index in [0.29, 0.717) is 31.3 Å². The minimum atomic E-state index is -1.57. The van der Waals surface area contributed by atoms with Crippen LogP contribution in [0.25, 0.3) is 0 Å². The molecule has 4 fully saturated rings. The Hall–Kier alpha value is -2.56. The summed E-state index contributed by atoms with van der Waals surface area (Å²) >= 11 is 0. The lowest BCUT2D eigenvalue weighted by atomic mass is 9.43. The Morgan fingerprint density at radius 1 is 1.10 bits per heavy atom. The molecule has 3 saturated carbocycles. The Labute approximate surface area is 245 Å². The van der Waals surface area contributed by atoms with Crippen molar-refractivity contribution in [3.8, 4) is 0 Å². The number of fused-ring (bicyclic) bond motifs is 4. The highest BCUT2D eigenvalue weighted by molar-refractivity contribution is 5.98. The standard InChI is InChI=1S/C32H42O10/c1-14-12-23(41-28(37)15(14)2)31(7,38)26-20(39-16(3)33)13-19-24-18(10-11-29(19,26)5)30(6)21(35)8-9-22(36)32(30)27(42-32)25(24)40-17(4)34/h8-9,18-20,22-27,36,38H,10-13H2,1-7H3. The molecule has 1 saturated heterocycles. The smallest absolute Gasteiger partial charge is 0.334 e. The summed E-state index contributed by atoms with van der Waals surface area (Å²) in [4.78, 5) is 51.2. The number of cyclic esters (lactones) is 1. The van der Waals surface area contributed by atoms with Gasteiger partial charge in [0.25, 0.3) is 0 Å². The van der Waals surface area contributed by atoms with Gasteiger partial charge < -0.3 is 29.2 Å². The number of carbonyl (C=O) groups is 4. The van der Waals surface area contributed by atoms with Gasteiger partial charge in [0.15, 0.2) is 5.78 Å². The number of carbonyl (C=O) groups excluding carboxylic acids is 4. The van der Waals surface area contributed by atoms with Crippen LogP contribution in [0.3, 0.4) is 0 Å². The average Bonchev–Trinajstić information content (AvgIpc) is 3.58. The highest BCUT2D eigenvalue weighted by atomic mass is 16.7. The molecule has 1 spiro atoms. The summed E-state index contributed by atoms with van der Waals surface area (Å²) in [6.45, 7) is 11.8. The second-order valence-corrected chi connectivity index (χ2v) is 14.2. The molecule has 0 radical (unpaired) electrons. The van der Waals surface area contributed by atoms with Crippen molar-refractivity contribution in [2.45, 2.75) is 116 Å². The van der Waals surface area contributed by atoms with Gasteiger partial charge in [0, 0.05) is 37.7 Å². The summed E-state index contributed by atoms with van der Waals surface area (Å²) in [5, 5.41) is 23.5. The molecule has 230 valence electrons. The first-order valence-electron chi connectivity index (χ1n) is 15.0. The number of ether oxygens (including phenoxy) is 4. The molecule has 0 aromatic rings. The number of rotatable bonds is 4. The van der Waals surface area contributed by atoms with E-state index in [-0.39, 0.29) is 23.5 Å². The molecule has 0 bridgehead atoms. The van der Waals surface area contributed by atoms with Crippen molar-refractivity contribution in [2.75, 3.05) is 0 Å². The predicted molar refractivity (Wildman–Crippen MR) is 146 cm³/mol. The van der Waals surface area contributed by atoms with Gasteiger partial charge in [0.1, 0.15) is 41.7 Å². The number of epoxide rings is 1. The Balaban J connectivity index is 1.45. The van der Waals surface area contributed by atoms with E-state index in [0.717, 1.165) is 5.57 Å². The lowest BCUT2D eigenvalue weighted by molar-refractivity contribution is -0.204. The van der Waals surface area contributed by atoms with E-state index in [4.69, 9.17) is 18.9 Å². The zero-order valence-corrected chi connectivity index (χ0v) is 25.3. The molecule has 13 atom stereocenters. The molecule has 4 aliphatic carbocycles. The van der Waals surface area contributed by atoms with Gasteiger partial charge in [-0.15, -0.1) is 0 Å². The summed E-state index contributed by atoms with van der Waals surface area (Å²) in [6.07, 6.45) is 0.737. The van der Waals surface area contributed by atoms with Gasteiger partial charge in [-0.2, -0.15) is 0 Å². The van der Waals surface area contributed by atoms with Gasteiger partial charge in [0.05, 0.1) is 5.41 Å². The minimum Gasteiger partial charge on any atom is -0.462 e. The lowest BCUT2D eigenvalue weighted by Gasteiger charge is -2.60. The van der Waals surface area contributed by atoms with Gasteiger partial charge in [-0.25, -0.2) is 4.79 Å². The average molecular weight is 587 g/mol. The molecule has 2 N–H and O–H groups in total. The molecule has 6 aliphatic rings. The van der Waals surface area contributed by atoms with E-state index in [2.05, 4.69) is 6.92 Å². The Kier molecular flexibility index (Phi) is 6.48. The first-order chi connectivity index (χ1) is 19.5. The van der Waals surface area contributed by atoms with E-state index >= 15 is 0 Å². The van der Waals surface area contributed by atoms with Crippen LogP contribution in [0.4, 0.5) is 0 Å². The Morgan fingerprint density at radius 3 is 2.38 bits per heavy atom. The third-order valence-electron chi connectivity index (χ3n) is 12.2. The number of esters is 3. The topological polar surface area (TPSA) is 149 Å². The maximum absolute atomic E-state index is 13.7. The van der Waals surface area contributed by atoms with Gasteiger partial charge in [-0.05, 0) is 76.4 Å². The maximum atomic E-state index is 13.7. The Bertz CT molecular complexity index is 1310. The van der Waals surface area contributed by atoms with E-state index in [9.17, 15) is 29.4 Å². The molecule has 42 heavy (non-hydrogen) atoms. The molecule has 0 amide bonds. The summed E-state index contributed by atoms with van der Waals surface area (Å²) in [7, 11) is 0. The first kappa shape index (κ1) is 29.5. The van der Waals surface area contributed by atoms with Crippen molar-refractivity contribution in [3.63, 3.8) is 0 Å². The Morgan fingerprint density at radius 2 is 1.76 bits per heavy atom. The van der Waals surface area contributed by atoms with E-state index in [1.165, 1.54) is 26.0 Å². The second-order valence-electron chi connectivity index (χ2n) is 14.2. The third-order valence-corrected chi connectivity index (χ3v) is 12.2. The number of hydrogen-bond acceptors (Lipinski definition) is 10. The fraction of sp³-hybridized carbons (Fsp3) is 0.750. The molecule has 10 heteroatoms. The zero-order valence-electron chi connectivity index (χ0n) is 25.3. The predicted octanol–water partition coefficient (Wildman–Crippen LogP) is 2.58. The molecule has 2 heterocycles. The molecule has 10 nitrogen and oxygen atoms in total. The molecular weight excluding hydrogens is 544 g/mol. The first-order valence-corrected chi connectivity index (χ1v) is 15.0. The van der Waals surface area contributed by atoms with Gasteiger partial charge in [0.2, 0.25) is 0 Å². The van der Waals surface area contributed by atoms with Crippen molar-refractivity contribution in [1.29, 1.82) is 0 Å². The van der Waals surface area contributed by atoms with Crippen molar-refractivity contribution < 1.29 is 48.3 Å². The van der Waals surface area contributed by atoms with Crippen LogP contribution in [-0.4, -0.2) is 75.6 Å². The van der Waals surface area contributed by atoms with Crippen LogP contribution in [0, 0.1) is 34.5 Å². The molecule has 0 aromatic heterocycles. The summed E-state index contributed by atoms with van der Waals surface area (Å²) in [6, 6.07) is 0. The molecular formula is C32H42O10. The zero-order chi connectivity index (χ0) is 30.7. The van der Waals surface area contributed by atoms with Crippen LogP contribution in [0.5, 0.6) is 0 Å². The normalized spacial score (nSPS) is 48.6. The largest absolute Gasteiger partial charge is 0.462 e. The minimum absolute atomic E-state index is 0.125. The fourth-order valence-corrected chi connectivity index (χ4v) is 10.2. The van der Waals surface area contributed by atoms with Crippen LogP contribution in [-0.2, 0) is 38.1 Å². The third kappa shape index (κ3) is 3.67. The van der Waals surface area contributed by atoms with Crippen molar-refractivity contribution in [2.24, 2.45) is 34.5 Å². The number of allylic oxidation sites excluding steroid dienone is 1. The van der Waals surface area contributed by atoms with Crippen LogP contribution >= 0.6 is 0 Å². The number of aliphatic hydroxyl groups excluding tert-OH is 1. The monoisotopic (exact) mass is 586 g/mol. The van der Waals surface area contributed by atoms with Crippen LogP contribution < -0.4 is 0 Å². The SMILES string of the molecule is CC(=O)OC1CC2C3C(OC(C)=O)C4OC45C(O)C=CC(=O)C5(C)C3CCC2(C)C1C(C)(O)C1CC(C)=C(C)C(=O)O1. The van der Waals surface area contributed by atoms with Crippen molar-refractivity contribution in [1.82, 2.24) is 0 Å². The lowest BCUT2D eigenvalue weighted by Crippen LogP contribution is -2.68. The van der Waals surface area contributed by atoms with Crippen LogP contribution in [0.2, 0.25) is 0 Å². The number of ketones is 1. The van der Waals surface area contributed by atoms with E-state index in [1.807, 2.05) is 13.8 Å². The number of aliphatic hydroxyl groups is 2. The van der Waals surface area contributed by atoms with Crippen LogP contribution in [0.1, 0.15) is 74.1 Å². The van der Waals surface area contributed by atoms with E-state index < -0.39 is 76.4 Å². The van der Waals surface area contributed by atoms with Crippen LogP contribution in [0.15, 0.2) is 23.3 Å². The highest BCUT2D eigenvalue weighted by Gasteiger charge is 2.84. The number of hydrogen-bond donors (Lipinski definition) is 2. The summed E-state index contributed by atoms with van der Waals surface area (Å²) in [5.74, 6) is -3.10. The van der Waals surface area contributed by atoms with E-state index in [1.54, 1.807) is 13.8 Å². The quantitative estimate of drug-likeness (QED) is 0.286. The summed E-state index contributed by atoms with van der Waals surface area (Å²) < 4.78 is 23.9. The second kappa shape index (κ2) is 9.22. The molecule has 0 aromatic carbocycles. The molecule has 13 unspecified atom stereocenters.